The predicted octanol–water partition coefficient (Wildman–Crippen LogP) is 2.27. The summed E-state index contributed by atoms with van der Waals surface area (Å²) < 4.78 is 5.18. The van der Waals surface area contributed by atoms with Crippen molar-refractivity contribution in [1.29, 1.82) is 0 Å². The van der Waals surface area contributed by atoms with Crippen LogP contribution in [0.25, 0.3) is 0 Å². The van der Waals surface area contributed by atoms with Gasteiger partial charge in [-0.1, -0.05) is 11.6 Å². The van der Waals surface area contributed by atoms with Gasteiger partial charge in [-0.05, 0) is 19.4 Å². The zero-order valence-electron chi connectivity index (χ0n) is 9.57. The van der Waals surface area contributed by atoms with E-state index in [1.807, 2.05) is 6.92 Å². The summed E-state index contributed by atoms with van der Waals surface area (Å²) in [6, 6.07) is 1.37. The van der Waals surface area contributed by atoms with Crippen molar-refractivity contribution in [1.82, 2.24) is 4.98 Å². The molecule has 0 saturated heterocycles. The molecule has 1 heterocycles. The summed E-state index contributed by atoms with van der Waals surface area (Å²) in [4.78, 5) is 14.8. The molecule has 0 atom stereocenters. The molecule has 0 saturated carbocycles. The third-order valence-corrected chi connectivity index (χ3v) is 2.46. The molecule has 94 valence electrons. The van der Waals surface area contributed by atoms with Gasteiger partial charge in [0, 0.05) is 26.0 Å². The van der Waals surface area contributed by atoms with Crippen molar-refractivity contribution in [2.24, 2.45) is 0 Å². The van der Waals surface area contributed by atoms with E-state index in [9.17, 15) is 4.79 Å². The molecule has 0 aliphatic rings. The number of anilines is 1. The average molecular weight is 259 g/mol. The van der Waals surface area contributed by atoms with E-state index in [-0.39, 0.29) is 10.6 Å². The zero-order valence-corrected chi connectivity index (χ0v) is 10.3. The van der Waals surface area contributed by atoms with Crippen molar-refractivity contribution in [2.75, 3.05) is 25.1 Å². The van der Waals surface area contributed by atoms with Gasteiger partial charge in [0.2, 0.25) is 0 Å². The number of carbonyl (C=O) groups is 1. The Morgan fingerprint density at radius 3 is 3.06 bits per heavy atom. The number of hydrogen-bond donors (Lipinski definition) is 2. The van der Waals surface area contributed by atoms with E-state index in [0.717, 1.165) is 6.42 Å². The molecule has 0 amide bonds. The lowest BCUT2D eigenvalue weighted by molar-refractivity contribution is 0.0697. The Hall–Kier alpha value is -1.33. The lowest BCUT2D eigenvalue weighted by Gasteiger charge is -2.08. The zero-order chi connectivity index (χ0) is 12.7. The summed E-state index contributed by atoms with van der Waals surface area (Å²) in [5.41, 5.74) is 0.0500. The van der Waals surface area contributed by atoms with Crippen LogP contribution in [0.2, 0.25) is 5.02 Å². The highest BCUT2D eigenvalue weighted by Gasteiger charge is 2.12. The van der Waals surface area contributed by atoms with E-state index < -0.39 is 5.97 Å². The molecule has 1 rings (SSSR count). The normalized spacial score (nSPS) is 10.2. The first-order valence-corrected chi connectivity index (χ1v) is 5.74. The third kappa shape index (κ3) is 4.20. The maximum Gasteiger partial charge on any atom is 0.337 e. The van der Waals surface area contributed by atoms with Gasteiger partial charge in [-0.3, -0.25) is 0 Å². The number of halogens is 1. The first kappa shape index (κ1) is 13.7. The van der Waals surface area contributed by atoms with Crippen LogP contribution in [0.1, 0.15) is 23.7 Å². The topological polar surface area (TPSA) is 71.5 Å². The Bertz CT molecular complexity index is 385. The minimum Gasteiger partial charge on any atom is -0.478 e. The van der Waals surface area contributed by atoms with Crippen molar-refractivity contribution < 1.29 is 14.6 Å². The number of carboxylic acid groups (broad SMARTS) is 1. The molecule has 0 aliphatic heterocycles. The average Bonchev–Trinajstić information content (AvgIpc) is 2.30. The summed E-state index contributed by atoms with van der Waals surface area (Å²) in [6.45, 7) is 3.91. The number of nitrogens with one attached hydrogen (secondary N) is 1. The molecule has 0 unspecified atom stereocenters. The Balaban J connectivity index is 2.54. The van der Waals surface area contributed by atoms with Crippen LogP contribution in [-0.4, -0.2) is 35.8 Å². The minimum atomic E-state index is -1.06. The standard InChI is InChI=1S/C11H15ClN2O3/c1-2-17-7-3-5-13-10-9(12)8(11(15)16)4-6-14-10/h4,6H,2-3,5,7H2,1H3,(H,13,14)(H,15,16). The van der Waals surface area contributed by atoms with Gasteiger partial charge < -0.3 is 15.2 Å². The van der Waals surface area contributed by atoms with Gasteiger partial charge >= 0.3 is 5.97 Å². The number of pyridine rings is 1. The maximum atomic E-state index is 10.8. The van der Waals surface area contributed by atoms with Crippen molar-refractivity contribution in [3.63, 3.8) is 0 Å². The minimum absolute atomic E-state index is 0.0500. The van der Waals surface area contributed by atoms with Crippen LogP contribution in [0, 0.1) is 0 Å². The molecule has 1 aromatic heterocycles. The monoisotopic (exact) mass is 258 g/mol. The SMILES string of the molecule is CCOCCCNc1nccc(C(=O)O)c1Cl. The van der Waals surface area contributed by atoms with Crippen LogP contribution in [0.5, 0.6) is 0 Å². The summed E-state index contributed by atoms with van der Waals surface area (Å²) in [5.74, 6) is -0.669. The van der Waals surface area contributed by atoms with Gasteiger partial charge in [-0.25, -0.2) is 9.78 Å². The number of hydrogen-bond acceptors (Lipinski definition) is 4. The molecule has 0 bridgehead atoms. The van der Waals surface area contributed by atoms with Gasteiger partial charge in [-0.15, -0.1) is 0 Å². The van der Waals surface area contributed by atoms with Crippen LogP contribution < -0.4 is 5.32 Å². The molecule has 17 heavy (non-hydrogen) atoms. The second-order valence-electron chi connectivity index (χ2n) is 3.30. The van der Waals surface area contributed by atoms with Crippen LogP contribution in [-0.2, 0) is 4.74 Å². The van der Waals surface area contributed by atoms with E-state index >= 15 is 0 Å². The molecule has 5 nitrogen and oxygen atoms in total. The third-order valence-electron chi connectivity index (χ3n) is 2.08. The van der Waals surface area contributed by atoms with Crippen molar-refractivity contribution in [3.8, 4) is 0 Å². The van der Waals surface area contributed by atoms with Crippen LogP contribution in [0.15, 0.2) is 12.3 Å². The lowest BCUT2D eigenvalue weighted by Crippen LogP contribution is -2.09. The van der Waals surface area contributed by atoms with Gasteiger partial charge in [0.05, 0.1) is 10.6 Å². The largest absolute Gasteiger partial charge is 0.478 e. The number of carboxylic acids is 1. The fourth-order valence-electron chi connectivity index (χ4n) is 1.26. The molecular weight excluding hydrogens is 244 g/mol. The van der Waals surface area contributed by atoms with E-state index in [1.54, 1.807) is 0 Å². The molecule has 1 aromatic rings. The second kappa shape index (κ2) is 7.09. The predicted molar refractivity (Wildman–Crippen MR) is 65.8 cm³/mol. The molecule has 0 fully saturated rings. The molecule has 2 N–H and O–H groups in total. The number of ether oxygens (including phenoxy) is 1. The van der Waals surface area contributed by atoms with Crippen molar-refractivity contribution >= 4 is 23.4 Å². The van der Waals surface area contributed by atoms with Crippen LogP contribution >= 0.6 is 11.6 Å². The quantitative estimate of drug-likeness (QED) is 0.734. The van der Waals surface area contributed by atoms with Gasteiger partial charge in [0.25, 0.3) is 0 Å². The van der Waals surface area contributed by atoms with Gasteiger partial charge in [0.15, 0.2) is 0 Å². The summed E-state index contributed by atoms with van der Waals surface area (Å²) in [7, 11) is 0. The van der Waals surface area contributed by atoms with Gasteiger partial charge in [-0.2, -0.15) is 0 Å². The van der Waals surface area contributed by atoms with E-state index in [1.165, 1.54) is 12.3 Å². The van der Waals surface area contributed by atoms with Crippen LogP contribution in [0.4, 0.5) is 5.82 Å². The van der Waals surface area contributed by atoms with Crippen LogP contribution in [0.3, 0.4) is 0 Å². The number of nitrogens with zero attached hydrogens (tertiary/aromatic N) is 1. The van der Waals surface area contributed by atoms with E-state index in [0.29, 0.717) is 25.6 Å². The molecule has 0 spiro atoms. The Morgan fingerprint density at radius 1 is 1.65 bits per heavy atom. The lowest BCUT2D eigenvalue weighted by atomic mass is 10.2. The highest BCUT2D eigenvalue weighted by Crippen LogP contribution is 2.23. The van der Waals surface area contributed by atoms with Gasteiger partial charge in [0.1, 0.15) is 5.82 Å². The summed E-state index contributed by atoms with van der Waals surface area (Å²) in [5, 5.41) is 12.0. The fraction of sp³-hybridized carbons (Fsp3) is 0.455. The van der Waals surface area contributed by atoms with E-state index in [2.05, 4.69) is 10.3 Å². The summed E-state index contributed by atoms with van der Waals surface area (Å²) >= 11 is 5.91. The molecule has 6 heteroatoms. The molecule has 0 aliphatic carbocycles. The number of rotatable bonds is 7. The Labute approximate surface area is 105 Å². The maximum absolute atomic E-state index is 10.8. The number of aromatic carboxylic acids is 1. The first-order chi connectivity index (χ1) is 8.16. The summed E-state index contributed by atoms with van der Waals surface area (Å²) in [6.07, 6.45) is 2.23. The Morgan fingerprint density at radius 2 is 2.41 bits per heavy atom. The molecular formula is C11H15ClN2O3. The Kier molecular flexibility index (Phi) is 5.72. The van der Waals surface area contributed by atoms with E-state index in [4.69, 9.17) is 21.4 Å². The van der Waals surface area contributed by atoms with Crippen molar-refractivity contribution in [2.45, 2.75) is 13.3 Å². The molecule has 0 aromatic carbocycles. The fourth-order valence-corrected chi connectivity index (χ4v) is 1.52. The second-order valence-corrected chi connectivity index (χ2v) is 3.68. The van der Waals surface area contributed by atoms with Crippen molar-refractivity contribution in [3.05, 3.63) is 22.8 Å². The smallest absolute Gasteiger partial charge is 0.337 e. The molecule has 0 radical (unpaired) electrons. The number of aromatic nitrogens is 1. The highest BCUT2D eigenvalue weighted by atomic mass is 35.5. The highest BCUT2D eigenvalue weighted by molar-refractivity contribution is 6.35. The first-order valence-electron chi connectivity index (χ1n) is 5.36.